The molecule has 2 aromatic carbocycles. The van der Waals surface area contributed by atoms with Gasteiger partial charge in [-0.3, -0.25) is 9.59 Å². The summed E-state index contributed by atoms with van der Waals surface area (Å²) in [4.78, 5) is 55.8. The van der Waals surface area contributed by atoms with Crippen LogP contribution in [0.2, 0.25) is 0 Å². The van der Waals surface area contributed by atoms with Gasteiger partial charge in [0, 0.05) is 6.42 Å². The van der Waals surface area contributed by atoms with Crippen LogP contribution in [0.15, 0.2) is 48.5 Å². The first-order valence-corrected chi connectivity index (χ1v) is 11.2. The van der Waals surface area contributed by atoms with E-state index in [1.807, 2.05) is 20.8 Å². The maximum Gasteiger partial charge on any atom is 0.408 e. The van der Waals surface area contributed by atoms with E-state index in [4.69, 9.17) is 14.3 Å². The van der Waals surface area contributed by atoms with Gasteiger partial charge in [-0.05, 0) is 71.4 Å². The van der Waals surface area contributed by atoms with Crippen LogP contribution in [-0.2, 0) is 20.8 Å². The lowest BCUT2D eigenvalue weighted by molar-refractivity contribution is -0.171. The number of nitrogens with one attached hydrogen (secondary N) is 1. The topological polar surface area (TPSA) is 111 Å². The summed E-state index contributed by atoms with van der Waals surface area (Å²) < 4.78 is 11.1. The Morgan fingerprint density at radius 3 is 1.89 bits per heavy atom. The minimum atomic E-state index is -1.23. The maximum atomic E-state index is 13.0. The van der Waals surface area contributed by atoms with Crippen LogP contribution in [0.25, 0.3) is 0 Å². The van der Waals surface area contributed by atoms with Crippen LogP contribution < -0.4 is 10.1 Å². The molecule has 1 N–H and O–H groups in total. The van der Waals surface area contributed by atoms with Gasteiger partial charge < -0.3 is 19.6 Å². The van der Waals surface area contributed by atoms with Gasteiger partial charge >= 0.3 is 12.1 Å². The number of ether oxygens (including phenoxy) is 2. The van der Waals surface area contributed by atoms with Gasteiger partial charge in [0.15, 0.2) is 0 Å². The summed E-state index contributed by atoms with van der Waals surface area (Å²) in [6.45, 7) is 10.8. The molecule has 1 heterocycles. The molecule has 2 aromatic rings. The number of hydroxylamine groups is 2. The third-order valence-corrected chi connectivity index (χ3v) is 4.70. The molecule has 0 radical (unpaired) electrons. The van der Waals surface area contributed by atoms with E-state index in [0.29, 0.717) is 16.4 Å². The van der Waals surface area contributed by atoms with E-state index in [0.717, 1.165) is 0 Å². The van der Waals surface area contributed by atoms with Gasteiger partial charge in [-0.2, -0.15) is 0 Å². The van der Waals surface area contributed by atoms with Gasteiger partial charge in [0.2, 0.25) is 0 Å². The maximum absolute atomic E-state index is 13.0. The molecule has 0 fully saturated rings. The van der Waals surface area contributed by atoms with Crippen molar-refractivity contribution in [3.8, 4) is 5.75 Å². The first-order chi connectivity index (χ1) is 16.2. The van der Waals surface area contributed by atoms with Gasteiger partial charge in [0.1, 0.15) is 23.0 Å². The minimum absolute atomic E-state index is 0.0248. The summed E-state index contributed by atoms with van der Waals surface area (Å²) in [5, 5.41) is 2.90. The number of fused-ring (bicyclic) bond motifs is 1. The molecule has 0 bridgehead atoms. The average Bonchev–Trinajstić information content (AvgIpc) is 2.97. The third kappa shape index (κ3) is 6.81. The number of hydrogen-bond acceptors (Lipinski definition) is 7. The predicted octanol–water partition coefficient (Wildman–Crippen LogP) is 4.05. The lowest BCUT2D eigenvalue weighted by atomic mass is 10.1. The Balaban J connectivity index is 1.78. The molecule has 1 aliphatic rings. The van der Waals surface area contributed by atoms with Crippen molar-refractivity contribution in [3.05, 3.63) is 65.2 Å². The minimum Gasteiger partial charge on any atom is -0.488 e. The SMILES string of the molecule is CC(C)(C)OC(=O)NC(Cc1ccc(OC(C)(C)C)cc1)C(=O)ON1C(=O)c2ccccc2C1=O. The lowest BCUT2D eigenvalue weighted by Crippen LogP contribution is -2.48. The van der Waals surface area contributed by atoms with Gasteiger partial charge in [0.25, 0.3) is 11.8 Å². The number of rotatable bonds is 6. The van der Waals surface area contributed by atoms with Crippen LogP contribution in [0.5, 0.6) is 5.75 Å². The second-order valence-electron chi connectivity index (χ2n) is 10.1. The first kappa shape index (κ1) is 25.7. The molecule has 0 aromatic heterocycles. The highest BCUT2D eigenvalue weighted by molar-refractivity contribution is 6.20. The Labute approximate surface area is 204 Å². The summed E-state index contributed by atoms with van der Waals surface area (Å²) in [6.07, 6.45) is -0.814. The number of alkyl carbamates (subject to hydrolysis) is 1. The van der Waals surface area contributed by atoms with Crippen LogP contribution in [-0.4, -0.2) is 46.2 Å². The smallest absolute Gasteiger partial charge is 0.408 e. The molecule has 0 saturated heterocycles. The number of nitrogens with zero attached hydrogens (tertiary/aromatic N) is 1. The van der Waals surface area contributed by atoms with Crippen LogP contribution in [0.3, 0.4) is 0 Å². The summed E-state index contributed by atoms with van der Waals surface area (Å²) in [5.74, 6) is -1.84. The number of amides is 3. The zero-order valence-electron chi connectivity index (χ0n) is 20.7. The van der Waals surface area contributed by atoms with E-state index in [9.17, 15) is 19.2 Å². The molecule has 0 aliphatic carbocycles. The van der Waals surface area contributed by atoms with Crippen molar-refractivity contribution >= 4 is 23.9 Å². The molecule has 9 nitrogen and oxygen atoms in total. The molecule has 1 atom stereocenters. The van der Waals surface area contributed by atoms with Crippen LogP contribution >= 0.6 is 0 Å². The lowest BCUT2D eigenvalue weighted by Gasteiger charge is -2.24. The predicted molar refractivity (Wildman–Crippen MR) is 127 cm³/mol. The molecule has 0 saturated carbocycles. The summed E-state index contributed by atoms with van der Waals surface area (Å²) >= 11 is 0. The van der Waals surface area contributed by atoms with Gasteiger partial charge in [-0.1, -0.05) is 29.3 Å². The molecule has 186 valence electrons. The van der Waals surface area contributed by atoms with Crippen LogP contribution in [0.1, 0.15) is 67.8 Å². The molecule has 9 heteroatoms. The van der Waals surface area contributed by atoms with E-state index in [-0.39, 0.29) is 23.1 Å². The molecule has 35 heavy (non-hydrogen) atoms. The van der Waals surface area contributed by atoms with E-state index in [1.165, 1.54) is 12.1 Å². The zero-order chi connectivity index (χ0) is 26.0. The van der Waals surface area contributed by atoms with Crippen molar-refractivity contribution in [3.63, 3.8) is 0 Å². The Kier molecular flexibility index (Phi) is 7.19. The molecule has 1 aliphatic heterocycles. The second kappa shape index (κ2) is 9.77. The molecule has 3 rings (SSSR count). The third-order valence-electron chi connectivity index (χ3n) is 4.70. The fraction of sp³-hybridized carbons (Fsp3) is 0.385. The van der Waals surface area contributed by atoms with E-state index < -0.39 is 35.5 Å². The number of carbonyl (C=O) groups is 4. The Morgan fingerprint density at radius 2 is 1.40 bits per heavy atom. The second-order valence-corrected chi connectivity index (χ2v) is 10.1. The fourth-order valence-electron chi connectivity index (χ4n) is 3.33. The first-order valence-electron chi connectivity index (χ1n) is 11.2. The fourth-order valence-corrected chi connectivity index (χ4v) is 3.33. The van der Waals surface area contributed by atoms with Gasteiger partial charge in [-0.15, -0.1) is 0 Å². The Hall–Kier alpha value is -3.88. The van der Waals surface area contributed by atoms with Crippen molar-refractivity contribution in [2.75, 3.05) is 0 Å². The monoisotopic (exact) mass is 482 g/mol. The normalized spacial score (nSPS) is 14.3. The Bertz CT molecular complexity index is 1090. The van der Waals surface area contributed by atoms with E-state index >= 15 is 0 Å². The zero-order valence-corrected chi connectivity index (χ0v) is 20.7. The average molecular weight is 483 g/mol. The van der Waals surface area contributed by atoms with Crippen LogP contribution in [0, 0.1) is 0 Å². The van der Waals surface area contributed by atoms with E-state index in [1.54, 1.807) is 57.2 Å². The van der Waals surface area contributed by atoms with E-state index in [2.05, 4.69) is 5.32 Å². The highest BCUT2D eigenvalue weighted by Gasteiger charge is 2.40. The van der Waals surface area contributed by atoms with Crippen molar-refractivity contribution in [2.24, 2.45) is 0 Å². The Morgan fingerprint density at radius 1 is 0.857 bits per heavy atom. The van der Waals surface area contributed by atoms with Crippen molar-refractivity contribution in [2.45, 2.75) is 65.2 Å². The number of carbonyl (C=O) groups excluding carboxylic acids is 4. The standard InChI is InChI=1S/C26H30N2O7/c1-25(2,3)33-17-13-11-16(12-14-17)15-20(27-24(32)34-26(4,5)6)23(31)35-28-21(29)18-9-7-8-10-19(18)22(28)30/h7-14,20H,15H2,1-6H3,(H,27,32). The molecule has 0 spiro atoms. The van der Waals surface area contributed by atoms with Gasteiger partial charge in [-0.25, -0.2) is 9.59 Å². The highest BCUT2D eigenvalue weighted by Crippen LogP contribution is 2.24. The number of benzene rings is 2. The van der Waals surface area contributed by atoms with Crippen LogP contribution in [0.4, 0.5) is 4.79 Å². The summed E-state index contributed by atoms with van der Waals surface area (Å²) in [5.41, 5.74) is -0.217. The molecule has 3 amide bonds. The number of hydrogen-bond donors (Lipinski definition) is 1. The molecular weight excluding hydrogens is 452 g/mol. The molecule has 1 unspecified atom stereocenters. The number of imide groups is 1. The summed E-state index contributed by atoms with van der Waals surface area (Å²) in [7, 11) is 0. The van der Waals surface area contributed by atoms with Crippen molar-refractivity contribution in [1.29, 1.82) is 0 Å². The quantitative estimate of drug-likeness (QED) is 0.618. The molecular formula is C26H30N2O7. The largest absolute Gasteiger partial charge is 0.488 e. The van der Waals surface area contributed by atoms with Gasteiger partial charge in [0.05, 0.1) is 11.1 Å². The highest BCUT2D eigenvalue weighted by atomic mass is 16.7. The van der Waals surface area contributed by atoms with Crippen molar-refractivity contribution in [1.82, 2.24) is 10.4 Å². The summed E-state index contributed by atoms with van der Waals surface area (Å²) in [6, 6.07) is 11.9. The van der Waals surface area contributed by atoms with Crippen molar-refractivity contribution < 1.29 is 33.5 Å².